The van der Waals surface area contributed by atoms with Crippen LogP contribution < -0.4 is 0 Å². The predicted octanol–water partition coefficient (Wildman–Crippen LogP) is 4.22. The Morgan fingerprint density at radius 3 is 2.71 bits per heavy atom. The molecule has 0 amide bonds. The maximum atomic E-state index is 5.41. The third-order valence-corrected chi connectivity index (χ3v) is 2.87. The van der Waals surface area contributed by atoms with E-state index in [9.17, 15) is 0 Å². The van der Waals surface area contributed by atoms with Gasteiger partial charge in [-0.1, -0.05) is 11.6 Å². The molecule has 0 saturated heterocycles. The van der Waals surface area contributed by atoms with Crippen molar-refractivity contribution in [1.82, 2.24) is 0 Å². The van der Waals surface area contributed by atoms with Crippen molar-refractivity contribution in [3.05, 3.63) is 59.0 Å². The van der Waals surface area contributed by atoms with Crippen molar-refractivity contribution in [2.45, 2.75) is 33.6 Å². The van der Waals surface area contributed by atoms with Crippen molar-refractivity contribution in [3.63, 3.8) is 0 Å². The molecule has 2 nitrogen and oxygen atoms in total. The quantitative estimate of drug-likeness (QED) is 0.735. The molecular weight excluding hydrogens is 212 g/mol. The Hall–Kier alpha value is -1.70. The van der Waals surface area contributed by atoms with Gasteiger partial charge in [0.05, 0.1) is 12.5 Å². The molecule has 2 heteroatoms. The monoisotopic (exact) mass is 230 g/mol. The Balaban J connectivity index is 1.96. The van der Waals surface area contributed by atoms with Crippen LogP contribution in [0.1, 0.15) is 29.6 Å². The standard InChI is InChI=1S/C15H18O2/c1-11(8-14-9-13(3)17-10-14)4-5-15-12(2)6-7-16-15/h4,6-7,9-10H,5,8H2,1-3H3/b11-4+. The van der Waals surface area contributed by atoms with Crippen LogP contribution in [0.2, 0.25) is 0 Å². The first-order valence-corrected chi connectivity index (χ1v) is 5.88. The maximum absolute atomic E-state index is 5.41. The van der Waals surface area contributed by atoms with Crippen molar-refractivity contribution < 1.29 is 8.83 Å². The van der Waals surface area contributed by atoms with Crippen LogP contribution in [0.5, 0.6) is 0 Å². The lowest BCUT2D eigenvalue weighted by atomic mass is 10.1. The average molecular weight is 230 g/mol. The van der Waals surface area contributed by atoms with Crippen molar-refractivity contribution in [3.8, 4) is 0 Å². The van der Waals surface area contributed by atoms with Crippen LogP contribution in [-0.4, -0.2) is 0 Å². The van der Waals surface area contributed by atoms with Gasteiger partial charge in [0.15, 0.2) is 0 Å². The van der Waals surface area contributed by atoms with Crippen LogP contribution in [0.3, 0.4) is 0 Å². The molecule has 0 atom stereocenters. The van der Waals surface area contributed by atoms with Gasteiger partial charge in [0.25, 0.3) is 0 Å². The van der Waals surface area contributed by atoms with E-state index in [-0.39, 0.29) is 0 Å². The highest BCUT2D eigenvalue weighted by molar-refractivity contribution is 5.22. The topological polar surface area (TPSA) is 26.3 Å². The summed E-state index contributed by atoms with van der Waals surface area (Å²) in [7, 11) is 0. The van der Waals surface area contributed by atoms with E-state index in [1.165, 1.54) is 16.7 Å². The number of hydrogen-bond donors (Lipinski definition) is 0. The Kier molecular flexibility index (Phi) is 3.52. The minimum absolute atomic E-state index is 0.863. The largest absolute Gasteiger partial charge is 0.469 e. The molecule has 0 aliphatic rings. The maximum Gasteiger partial charge on any atom is 0.110 e. The van der Waals surface area contributed by atoms with E-state index in [1.807, 2.05) is 19.3 Å². The van der Waals surface area contributed by atoms with Crippen LogP contribution in [0.4, 0.5) is 0 Å². The van der Waals surface area contributed by atoms with Crippen LogP contribution in [0.15, 0.2) is 45.1 Å². The summed E-state index contributed by atoms with van der Waals surface area (Å²) in [5.41, 5.74) is 3.78. The molecule has 2 heterocycles. The molecule has 0 unspecified atom stereocenters. The Morgan fingerprint density at radius 1 is 1.29 bits per heavy atom. The molecule has 0 bridgehead atoms. The summed E-state index contributed by atoms with van der Waals surface area (Å²) in [6.07, 6.45) is 7.59. The first-order chi connectivity index (χ1) is 8.15. The van der Waals surface area contributed by atoms with Crippen LogP contribution in [0.25, 0.3) is 0 Å². The van der Waals surface area contributed by atoms with Gasteiger partial charge in [-0.25, -0.2) is 0 Å². The molecule has 0 fully saturated rings. The first kappa shape index (κ1) is 11.8. The van der Waals surface area contributed by atoms with E-state index < -0.39 is 0 Å². The van der Waals surface area contributed by atoms with E-state index in [0.717, 1.165) is 24.4 Å². The lowest BCUT2D eigenvalue weighted by molar-refractivity contribution is 0.520. The summed E-state index contributed by atoms with van der Waals surface area (Å²) >= 11 is 0. The lowest BCUT2D eigenvalue weighted by Crippen LogP contribution is -1.87. The summed E-state index contributed by atoms with van der Waals surface area (Å²) in [6, 6.07) is 4.08. The van der Waals surface area contributed by atoms with Gasteiger partial charge in [0.1, 0.15) is 11.5 Å². The highest BCUT2D eigenvalue weighted by Crippen LogP contribution is 2.14. The Bertz CT molecular complexity index is 515. The van der Waals surface area contributed by atoms with E-state index in [1.54, 1.807) is 6.26 Å². The fourth-order valence-electron chi connectivity index (χ4n) is 1.86. The summed E-state index contributed by atoms with van der Waals surface area (Å²) in [5.74, 6) is 2.02. The normalized spacial score (nSPS) is 12.1. The van der Waals surface area contributed by atoms with Gasteiger partial charge in [0, 0.05) is 6.42 Å². The highest BCUT2D eigenvalue weighted by atomic mass is 16.3. The summed E-state index contributed by atoms with van der Waals surface area (Å²) in [5, 5.41) is 0. The average Bonchev–Trinajstić information content (AvgIpc) is 2.85. The molecule has 0 spiro atoms. The van der Waals surface area contributed by atoms with Gasteiger partial charge in [-0.2, -0.15) is 0 Å². The summed E-state index contributed by atoms with van der Waals surface area (Å²) in [6.45, 7) is 6.18. The molecule has 0 radical (unpaired) electrons. The fraction of sp³-hybridized carbons (Fsp3) is 0.333. The molecule has 90 valence electrons. The van der Waals surface area contributed by atoms with Gasteiger partial charge in [-0.15, -0.1) is 0 Å². The molecule has 2 aromatic heterocycles. The number of rotatable bonds is 4. The Labute approximate surface area is 102 Å². The third-order valence-electron chi connectivity index (χ3n) is 2.87. The Morgan fingerprint density at radius 2 is 2.12 bits per heavy atom. The zero-order valence-corrected chi connectivity index (χ0v) is 10.6. The third kappa shape index (κ3) is 3.13. The molecule has 0 N–H and O–H groups in total. The fourth-order valence-corrected chi connectivity index (χ4v) is 1.86. The predicted molar refractivity (Wildman–Crippen MR) is 68.1 cm³/mol. The minimum atomic E-state index is 0.863. The summed E-state index contributed by atoms with van der Waals surface area (Å²) in [4.78, 5) is 0. The lowest BCUT2D eigenvalue weighted by Gasteiger charge is -1.98. The van der Waals surface area contributed by atoms with Crippen molar-refractivity contribution in [2.75, 3.05) is 0 Å². The number of hydrogen-bond acceptors (Lipinski definition) is 2. The zero-order valence-electron chi connectivity index (χ0n) is 10.6. The van der Waals surface area contributed by atoms with Crippen molar-refractivity contribution >= 4 is 0 Å². The van der Waals surface area contributed by atoms with Gasteiger partial charge in [-0.05, 0) is 50.5 Å². The molecule has 0 saturated carbocycles. The number of furan rings is 2. The van der Waals surface area contributed by atoms with Gasteiger partial charge in [0.2, 0.25) is 0 Å². The van der Waals surface area contributed by atoms with E-state index in [2.05, 4.69) is 26.0 Å². The van der Waals surface area contributed by atoms with Crippen molar-refractivity contribution in [1.29, 1.82) is 0 Å². The smallest absolute Gasteiger partial charge is 0.110 e. The van der Waals surface area contributed by atoms with Gasteiger partial charge in [-0.3, -0.25) is 0 Å². The second kappa shape index (κ2) is 5.09. The van der Waals surface area contributed by atoms with Crippen LogP contribution >= 0.6 is 0 Å². The SMILES string of the molecule is C/C(=C\Cc1occc1C)Cc1coc(C)c1. The van der Waals surface area contributed by atoms with E-state index in [0.29, 0.717) is 0 Å². The van der Waals surface area contributed by atoms with E-state index in [4.69, 9.17) is 8.83 Å². The van der Waals surface area contributed by atoms with Crippen LogP contribution in [0, 0.1) is 13.8 Å². The second-order valence-electron chi connectivity index (χ2n) is 4.52. The second-order valence-corrected chi connectivity index (χ2v) is 4.52. The molecule has 0 aliphatic heterocycles. The summed E-state index contributed by atoms with van der Waals surface area (Å²) < 4.78 is 10.7. The number of allylic oxidation sites excluding steroid dienone is 2. The first-order valence-electron chi connectivity index (χ1n) is 5.88. The molecular formula is C15H18O2. The number of aryl methyl sites for hydroxylation is 2. The zero-order chi connectivity index (χ0) is 12.3. The highest BCUT2D eigenvalue weighted by Gasteiger charge is 2.01. The molecule has 0 aliphatic carbocycles. The van der Waals surface area contributed by atoms with Gasteiger partial charge >= 0.3 is 0 Å². The van der Waals surface area contributed by atoms with E-state index >= 15 is 0 Å². The molecule has 0 aromatic carbocycles. The molecule has 2 aromatic rings. The molecule has 2 rings (SSSR count). The van der Waals surface area contributed by atoms with Gasteiger partial charge < -0.3 is 8.83 Å². The van der Waals surface area contributed by atoms with Crippen LogP contribution in [-0.2, 0) is 12.8 Å². The molecule has 17 heavy (non-hydrogen) atoms. The van der Waals surface area contributed by atoms with Crippen molar-refractivity contribution in [2.24, 2.45) is 0 Å². The minimum Gasteiger partial charge on any atom is -0.469 e.